The molecule has 2 heterocycles. The van der Waals surface area contributed by atoms with E-state index in [-0.39, 0.29) is 0 Å². The van der Waals surface area contributed by atoms with Gasteiger partial charge in [0.25, 0.3) is 5.56 Å². The summed E-state index contributed by atoms with van der Waals surface area (Å²) in [6.45, 7) is 0. The smallest absolute Gasteiger partial charge is 0.331 e. The van der Waals surface area contributed by atoms with Crippen LogP contribution < -0.4 is 11.2 Å². The lowest BCUT2D eigenvalue weighted by molar-refractivity contribution is -0.141. The number of nitrogens with zero attached hydrogens (tertiary/aromatic N) is 3. The number of hydrogen-bond acceptors (Lipinski definition) is 3. The molecule has 2 radical (unpaired) electrons. The van der Waals surface area contributed by atoms with E-state index in [0.29, 0.717) is 4.52 Å². The van der Waals surface area contributed by atoms with Crippen LogP contribution in [0.5, 0.6) is 0 Å². The van der Waals surface area contributed by atoms with Gasteiger partial charge in [-0.05, 0) is 5.59 Å². The second-order valence-corrected chi connectivity index (χ2v) is 2.71. The molecule has 0 atom stereocenters. The predicted molar refractivity (Wildman–Crippen MR) is 44.0 cm³/mol. The molecule has 9 heteroatoms. The zero-order valence-electron chi connectivity index (χ0n) is 7.04. The Balaban J connectivity index is 2.95. The lowest BCUT2D eigenvalue weighted by Gasteiger charge is -2.10. The Morgan fingerprint density at radius 3 is 2.73 bits per heavy atom. The van der Waals surface area contributed by atoms with Crippen molar-refractivity contribution in [3.63, 3.8) is 0 Å². The molecule has 0 spiro atoms. The fourth-order valence-electron chi connectivity index (χ4n) is 1.18. The third kappa shape index (κ3) is 1.39. The van der Waals surface area contributed by atoms with Gasteiger partial charge in [0.2, 0.25) is 5.65 Å². The highest BCUT2D eigenvalue weighted by molar-refractivity contribution is 6.31. The second kappa shape index (κ2) is 2.85. The van der Waals surface area contributed by atoms with Crippen molar-refractivity contribution in [3.05, 3.63) is 22.4 Å². The van der Waals surface area contributed by atoms with Gasteiger partial charge in [-0.1, -0.05) is 0 Å². The first-order valence-corrected chi connectivity index (χ1v) is 3.70. The van der Waals surface area contributed by atoms with Gasteiger partial charge >= 0.3 is 6.18 Å². The maximum atomic E-state index is 12.5. The van der Waals surface area contributed by atoms with E-state index in [4.69, 9.17) is 7.85 Å². The molecule has 0 fully saturated rings. The molecule has 5 nitrogen and oxygen atoms in total. The van der Waals surface area contributed by atoms with Gasteiger partial charge < -0.3 is 4.98 Å². The third-order valence-electron chi connectivity index (χ3n) is 1.73. The molecule has 0 aliphatic rings. The summed E-state index contributed by atoms with van der Waals surface area (Å²) in [4.78, 5) is 16.4. The van der Waals surface area contributed by atoms with E-state index in [1.54, 1.807) is 0 Å². The van der Waals surface area contributed by atoms with Gasteiger partial charge in [0.1, 0.15) is 14.2 Å². The van der Waals surface area contributed by atoms with Crippen molar-refractivity contribution < 1.29 is 13.2 Å². The van der Waals surface area contributed by atoms with Gasteiger partial charge in [-0.3, -0.25) is 4.79 Å². The Hall–Kier alpha value is -1.80. The van der Waals surface area contributed by atoms with E-state index < -0.39 is 28.7 Å². The lowest BCUT2D eigenvalue weighted by atomic mass is 10.0. The monoisotopic (exact) mass is 214 g/mol. The molecule has 0 bridgehead atoms. The van der Waals surface area contributed by atoms with E-state index in [0.717, 1.165) is 6.33 Å². The SMILES string of the molecule is [B]c1[nH]c(=O)c2ncnn2c1C(F)(F)F. The van der Waals surface area contributed by atoms with Crippen molar-refractivity contribution in [2.45, 2.75) is 6.18 Å². The summed E-state index contributed by atoms with van der Waals surface area (Å²) >= 11 is 0. The van der Waals surface area contributed by atoms with E-state index in [9.17, 15) is 18.0 Å². The Bertz CT molecular complexity index is 572. The Kier molecular flexibility index (Phi) is 1.85. The summed E-state index contributed by atoms with van der Waals surface area (Å²) in [5, 5.41) is 3.29. The topological polar surface area (TPSA) is 63.0 Å². The minimum absolute atomic E-state index is 0.369. The van der Waals surface area contributed by atoms with Crippen molar-refractivity contribution in [2.24, 2.45) is 0 Å². The molecule has 0 saturated carbocycles. The van der Waals surface area contributed by atoms with Gasteiger partial charge in [0.05, 0.1) is 0 Å². The minimum Gasteiger partial charge on any atom is -0.331 e. The molecule has 0 aliphatic heterocycles. The van der Waals surface area contributed by atoms with Crippen LogP contribution in [-0.2, 0) is 6.18 Å². The average molecular weight is 214 g/mol. The van der Waals surface area contributed by atoms with Crippen LogP contribution in [0.2, 0.25) is 0 Å². The van der Waals surface area contributed by atoms with Crippen molar-refractivity contribution in [2.75, 3.05) is 0 Å². The van der Waals surface area contributed by atoms with Crippen molar-refractivity contribution in [1.82, 2.24) is 19.6 Å². The van der Waals surface area contributed by atoms with Crippen LogP contribution >= 0.6 is 0 Å². The molecule has 0 unspecified atom stereocenters. The first-order chi connectivity index (χ1) is 6.91. The predicted octanol–water partition coefficient (Wildman–Crippen LogP) is -0.770. The van der Waals surface area contributed by atoms with Crippen LogP contribution in [-0.4, -0.2) is 27.4 Å². The highest BCUT2D eigenvalue weighted by Crippen LogP contribution is 2.26. The molecule has 0 saturated heterocycles. The number of aromatic amines is 1. The molecular formula is C6H2BF3N4O. The number of halogens is 3. The second-order valence-electron chi connectivity index (χ2n) is 2.71. The van der Waals surface area contributed by atoms with Gasteiger partial charge in [0.15, 0.2) is 5.69 Å². The van der Waals surface area contributed by atoms with Gasteiger partial charge in [0, 0.05) is 0 Å². The summed E-state index contributed by atoms with van der Waals surface area (Å²) in [6, 6.07) is 0. The van der Waals surface area contributed by atoms with Crippen LogP contribution in [0.25, 0.3) is 5.65 Å². The van der Waals surface area contributed by atoms with E-state index >= 15 is 0 Å². The van der Waals surface area contributed by atoms with Gasteiger partial charge in [-0.2, -0.15) is 18.3 Å². The summed E-state index contributed by atoms with van der Waals surface area (Å²) < 4.78 is 37.9. The molecule has 0 aliphatic carbocycles. The normalized spacial score (nSPS) is 12.2. The van der Waals surface area contributed by atoms with Crippen molar-refractivity contribution in [3.8, 4) is 0 Å². The van der Waals surface area contributed by atoms with E-state index in [1.807, 2.05) is 4.98 Å². The quantitative estimate of drug-likeness (QED) is 0.585. The molecule has 15 heavy (non-hydrogen) atoms. The molecule has 1 N–H and O–H groups in total. The van der Waals surface area contributed by atoms with Crippen LogP contribution in [0.15, 0.2) is 11.1 Å². The number of aromatic nitrogens is 4. The standard InChI is InChI=1S/C6H2BF3N4O/c7-3-2(6(8,9)10)14-4(5(15)13-3)11-1-12-14/h1H,(H,13,15). The van der Waals surface area contributed by atoms with E-state index in [1.165, 1.54) is 0 Å². The summed E-state index contributed by atoms with van der Waals surface area (Å²) in [5.74, 6) is 0. The van der Waals surface area contributed by atoms with Crippen LogP contribution in [0, 0.1) is 0 Å². The minimum atomic E-state index is -4.71. The zero-order chi connectivity index (χ0) is 11.2. The van der Waals surface area contributed by atoms with Crippen molar-refractivity contribution in [1.29, 1.82) is 0 Å². The molecule has 2 aromatic heterocycles. The Morgan fingerprint density at radius 1 is 1.47 bits per heavy atom. The summed E-state index contributed by atoms with van der Waals surface area (Å²) in [5.41, 5.74) is -3.30. The molecule has 0 amide bonds. The Labute approximate surface area is 81.4 Å². The summed E-state index contributed by atoms with van der Waals surface area (Å²) in [7, 11) is 5.07. The molecule has 0 aromatic carbocycles. The maximum Gasteiger partial charge on any atom is 0.434 e. The number of alkyl halides is 3. The number of nitrogens with one attached hydrogen (secondary N) is 1. The molecule has 2 aromatic rings. The molecule has 2 rings (SSSR count). The maximum absolute atomic E-state index is 12.5. The summed E-state index contributed by atoms with van der Waals surface area (Å²) in [6.07, 6.45) is -3.86. The number of hydrogen-bond donors (Lipinski definition) is 1. The van der Waals surface area contributed by atoms with Crippen LogP contribution in [0.3, 0.4) is 0 Å². The van der Waals surface area contributed by atoms with Crippen LogP contribution in [0.4, 0.5) is 13.2 Å². The van der Waals surface area contributed by atoms with Gasteiger partial charge in [-0.25, -0.2) is 9.50 Å². The average Bonchev–Trinajstić information content (AvgIpc) is 2.49. The zero-order valence-corrected chi connectivity index (χ0v) is 7.04. The number of fused-ring (bicyclic) bond motifs is 1. The lowest BCUT2D eigenvalue weighted by Crippen LogP contribution is -2.33. The van der Waals surface area contributed by atoms with Gasteiger partial charge in [-0.15, -0.1) is 0 Å². The largest absolute Gasteiger partial charge is 0.434 e. The highest BCUT2D eigenvalue weighted by Gasteiger charge is 2.36. The number of H-pyrrole nitrogens is 1. The fraction of sp³-hybridized carbons (Fsp3) is 0.167. The molecule has 76 valence electrons. The first-order valence-electron chi connectivity index (χ1n) is 3.70. The fourth-order valence-corrected chi connectivity index (χ4v) is 1.18. The molecular weight excluding hydrogens is 212 g/mol. The highest BCUT2D eigenvalue weighted by atomic mass is 19.4. The number of rotatable bonds is 0. The van der Waals surface area contributed by atoms with E-state index in [2.05, 4.69) is 10.1 Å². The third-order valence-corrected chi connectivity index (χ3v) is 1.73. The first kappa shape index (κ1) is 9.75. The van der Waals surface area contributed by atoms with Crippen LogP contribution in [0.1, 0.15) is 5.69 Å². The van der Waals surface area contributed by atoms with Crippen molar-refractivity contribution >= 4 is 19.1 Å². The Morgan fingerprint density at radius 2 is 2.13 bits per heavy atom.